The van der Waals surface area contributed by atoms with Crippen LogP contribution in [0.2, 0.25) is 0 Å². The number of hydrogen-bond donors (Lipinski definition) is 1. The SMILES string of the molecule is O=C1C(C=Nc2ncc([N+](=O)[O-])s2)=C(O)c2ccccc21. The van der Waals surface area contributed by atoms with E-state index in [1.807, 2.05) is 0 Å². The summed E-state index contributed by atoms with van der Waals surface area (Å²) in [4.78, 5) is 29.8. The van der Waals surface area contributed by atoms with Gasteiger partial charge in [-0.25, -0.2) is 9.98 Å². The van der Waals surface area contributed by atoms with E-state index < -0.39 is 4.92 Å². The van der Waals surface area contributed by atoms with Crippen molar-refractivity contribution in [3.63, 3.8) is 0 Å². The largest absolute Gasteiger partial charge is 0.506 e. The van der Waals surface area contributed by atoms with E-state index in [-0.39, 0.29) is 27.2 Å². The molecule has 1 N–H and O–H groups in total. The number of aliphatic hydroxyl groups is 1. The van der Waals surface area contributed by atoms with Crippen molar-refractivity contribution in [2.75, 3.05) is 0 Å². The average molecular weight is 301 g/mol. The predicted octanol–water partition coefficient (Wildman–Crippen LogP) is 2.92. The number of fused-ring (bicyclic) bond motifs is 1. The lowest BCUT2D eigenvalue weighted by atomic mass is 10.1. The maximum Gasteiger partial charge on any atom is 0.345 e. The summed E-state index contributed by atoms with van der Waals surface area (Å²) in [5, 5.41) is 20.6. The number of carbonyl (C=O) groups excluding carboxylic acids is 1. The molecule has 1 heterocycles. The summed E-state index contributed by atoms with van der Waals surface area (Å²) in [5.74, 6) is -0.483. The Bertz CT molecular complexity index is 822. The molecule has 1 aliphatic carbocycles. The van der Waals surface area contributed by atoms with Gasteiger partial charge in [0.15, 0.2) is 5.78 Å². The van der Waals surface area contributed by atoms with Crippen LogP contribution in [-0.4, -0.2) is 27.0 Å². The van der Waals surface area contributed by atoms with Crippen molar-refractivity contribution in [3.05, 3.63) is 57.3 Å². The molecule has 1 aliphatic rings. The van der Waals surface area contributed by atoms with Gasteiger partial charge in [0.25, 0.3) is 0 Å². The van der Waals surface area contributed by atoms with Crippen molar-refractivity contribution >= 4 is 39.2 Å². The Labute approximate surface area is 122 Å². The number of Topliss-reactive ketones (excluding diaryl/α,β-unsaturated/α-hetero) is 1. The molecule has 0 unspecified atom stereocenters. The fraction of sp³-hybridized carbons (Fsp3) is 0. The highest BCUT2D eigenvalue weighted by atomic mass is 32.1. The molecular weight excluding hydrogens is 294 g/mol. The van der Waals surface area contributed by atoms with E-state index in [1.165, 1.54) is 6.21 Å². The number of allylic oxidation sites excluding steroid dienone is 1. The minimum atomic E-state index is -0.565. The summed E-state index contributed by atoms with van der Waals surface area (Å²) in [5.41, 5.74) is 0.907. The highest BCUT2D eigenvalue weighted by molar-refractivity contribution is 7.18. The number of aliphatic hydroxyl groups excluding tert-OH is 1. The van der Waals surface area contributed by atoms with Gasteiger partial charge in [-0.3, -0.25) is 14.9 Å². The Balaban J connectivity index is 1.92. The fourth-order valence-electron chi connectivity index (χ4n) is 1.93. The number of rotatable bonds is 3. The van der Waals surface area contributed by atoms with Crippen molar-refractivity contribution in [1.82, 2.24) is 4.98 Å². The first-order valence-electron chi connectivity index (χ1n) is 5.79. The molecule has 3 rings (SSSR count). The van der Waals surface area contributed by atoms with E-state index >= 15 is 0 Å². The highest BCUT2D eigenvalue weighted by Crippen LogP contribution is 2.31. The van der Waals surface area contributed by atoms with Crippen LogP contribution in [0.4, 0.5) is 10.1 Å². The average Bonchev–Trinajstić information content (AvgIpc) is 3.03. The van der Waals surface area contributed by atoms with E-state index in [0.29, 0.717) is 11.1 Å². The molecule has 0 aliphatic heterocycles. The van der Waals surface area contributed by atoms with E-state index in [9.17, 15) is 20.0 Å². The quantitative estimate of drug-likeness (QED) is 0.533. The van der Waals surface area contributed by atoms with Crippen LogP contribution in [0.5, 0.6) is 0 Å². The van der Waals surface area contributed by atoms with Crippen LogP contribution in [-0.2, 0) is 0 Å². The minimum Gasteiger partial charge on any atom is -0.506 e. The van der Waals surface area contributed by atoms with Crippen LogP contribution < -0.4 is 0 Å². The molecule has 0 saturated carbocycles. The van der Waals surface area contributed by atoms with Crippen LogP contribution in [0.25, 0.3) is 5.76 Å². The lowest BCUT2D eigenvalue weighted by Crippen LogP contribution is -1.99. The zero-order valence-corrected chi connectivity index (χ0v) is 11.2. The number of thiazole rings is 1. The zero-order chi connectivity index (χ0) is 15.0. The molecule has 0 fully saturated rings. The van der Waals surface area contributed by atoms with Crippen molar-refractivity contribution in [2.24, 2.45) is 4.99 Å². The van der Waals surface area contributed by atoms with Crippen molar-refractivity contribution in [1.29, 1.82) is 0 Å². The molecule has 1 aromatic carbocycles. The fourth-order valence-corrected chi connectivity index (χ4v) is 2.50. The molecule has 8 heteroatoms. The summed E-state index contributed by atoms with van der Waals surface area (Å²) in [6.07, 6.45) is 2.27. The molecular formula is C13H7N3O4S. The van der Waals surface area contributed by atoms with Gasteiger partial charge in [-0.1, -0.05) is 24.3 Å². The second-order valence-corrected chi connectivity index (χ2v) is 5.12. The third-order valence-corrected chi connectivity index (χ3v) is 3.75. The molecule has 0 atom stereocenters. The van der Waals surface area contributed by atoms with Gasteiger partial charge >= 0.3 is 5.00 Å². The van der Waals surface area contributed by atoms with Gasteiger partial charge in [0.1, 0.15) is 12.0 Å². The standard InChI is InChI=1S/C13H7N3O4S/c17-11-7-3-1-2-4-8(7)12(18)9(11)5-14-13-15-6-10(21-13)16(19)20/h1-6,17H. The lowest BCUT2D eigenvalue weighted by molar-refractivity contribution is -0.380. The molecule has 1 aromatic heterocycles. The van der Waals surface area contributed by atoms with E-state index in [2.05, 4.69) is 9.98 Å². The Morgan fingerprint density at radius 1 is 1.33 bits per heavy atom. The third-order valence-electron chi connectivity index (χ3n) is 2.89. The minimum absolute atomic E-state index is 0.0500. The van der Waals surface area contributed by atoms with E-state index in [0.717, 1.165) is 17.5 Å². The van der Waals surface area contributed by atoms with Gasteiger partial charge in [0, 0.05) is 17.3 Å². The third kappa shape index (κ3) is 2.21. The molecule has 104 valence electrons. The number of aliphatic imine (C=N–C) groups is 1. The Morgan fingerprint density at radius 2 is 2.05 bits per heavy atom. The molecule has 21 heavy (non-hydrogen) atoms. The molecule has 0 bridgehead atoms. The first-order valence-corrected chi connectivity index (χ1v) is 6.61. The first-order chi connectivity index (χ1) is 10.1. The van der Waals surface area contributed by atoms with Crippen molar-refractivity contribution < 1.29 is 14.8 Å². The highest BCUT2D eigenvalue weighted by Gasteiger charge is 2.28. The molecule has 0 radical (unpaired) electrons. The summed E-state index contributed by atoms with van der Waals surface area (Å²) in [7, 11) is 0. The lowest BCUT2D eigenvalue weighted by Gasteiger charge is -1.95. The summed E-state index contributed by atoms with van der Waals surface area (Å²) < 4.78 is 0. The molecule has 2 aromatic rings. The van der Waals surface area contributed by atoms with Crippen LogP contribution in [0.15, 0.2) is 41.0 Å². The maximum absolute atomic E-state index is 12.1. The van der Waals surface area contributed by atoms with E-state index in [1.54, 1.807) is 24.3 Å². The Hall–Kier alpha value is -2.87. The Kier molecular flexibility index (Phi) is 3.07. The van der Waals surface area contributed by atoms with Crippen molar-refractivity contribution in [2.45, 2.75) is 0 Å². The van der Waals surface area contributed by atoms with Crippen molar-refractivity contribution in [3.8, 4) is 0 Å². The molecule has 7 nitrogen and oxygen atoms in total. The van der Waals surface area contributed by atoms with Crippen LogP contribution >= 0.6 is 11.3 Å². The normalized spacial score (nSPS) is 14.0. The molecule has 0 saturated heterocycles. The number of aromatic nitrogens is 1. The zero-order valence-electron chi connectivity index (χ0n) is 10.4. The number of nitrogens with zero attached hydrogens (tertiary/aromatic N) is 3. The van der Waals surface area contributed by atoms with Gasteiger partial charge < -0.3 is 5.11 Å². The number of ketones is 1. The molecule has 0 spiro atoms. The molecule has 0 amide bonds. The summed E-state index contributed by atoms with van der Waals surface area (Å²) in [6, 6.07) is 6.67. The summed E-state index contributed by atoms with van der Waals surface area (Å²) in [6.45, 7) is 0. The second-order valence-electron chi connectivity index (χ2n) is 4.13. The van der Waals surface area contributed by atoms with Crippen LogP contribution in [0, 0.1) is 10.1 Å². The smallest absolute Gasteiger partial charge is 0.345 e. The topological polar surface area (TPSA) is 106 Å². The predicted molar refractivity (Wildman–Crippen MR) is 77.2 cm³/mol. The Morgan fingerprint density at radius 3 is 2.67 bits per heavy atom. The van der Waals surface area contributed by atoms with Gasteiger partial charge in [0.2, 0.25) is 5.13 Å². The van der Waals surface area contributed by atoms with Crippen LogP contribution in [0.1, 0.15) is 15.9 Å². The van der Waals surface area contributed by atoms with E-state index in [4.69, 9.17) is 0 Å². The van der Waals surface area contributed by atoms with Gasteiger partial charge in [-0.15, -0.1) is 0 Å². The van der Waals surface area contributed by atoms with Gasteiger partial charge in [-0.05, 0) is 11.3 Å². The van der Waals surface area contributed by atoms with Gasteiger partial charge in [-0.2, -0.15) is 0 Å². The summed E-state index contributed by atoms with van der Waals surface area (Å²) >= 11 is 0.787. The monoisotopic (exact) mass is 301 g/mol. The van der Waals surface area contributed by atoms with Gasteiger partial charge in [0.05, 0.1) is 10.5 Å². The number of hydrogen-bond acceptors (Lipinski definition) is 7. The second kappa shape index (κ2) is 4.91. The maximum atomic E-state index is 12.1. The number of benzene rings is 1. The first kappa shape index (κ1) is 13.1. The number of nitro groups is 1. The number of carbonyl (C=O) groups is 1. The van der Waals surface area contributed by atoms with Crippen LogP contribution in [0.3, 0.4) is 0 Å².